The number of nitrogens with one attached hydrogen (secondary N) is 1. The first-order valence-corrected chi connectivity index (χ1v) is 7.26. The van der Waals surface area contributed by atoms with Crippen LogP contribution in [0.1, 0.15) is 52.9 Å². The van der Waals surface area contributed by atoms with E-state index in [1.165, 1.54) is 32.1 Å². The van der Waals surface area contributed by atoms with Gasteiger partial charge in [0, 0.05) is 24.6 Å². The average Bonchev–Trinajstić information content (AvgIpc) is 2.89. The zero-order valence-corrected chi connectivity index (χ0v) is 11.6. The molecule has 2 bridgehead atoms. The average molecular weight is 237 g/mol. The zero-order valence-electron chi connectivity index (χ0n) is 11.6. The third-order valence-electron chi connectivity index (χ3n) is 6.24. The highest BCUT2D eigenvalue weighted by atomic mass is 16.3. The third kappa shape index (κ3) is 1.67. The van der Waals surface area contributed by atoms with Gasteiger partial charge in [-0.3, -0.25) is 0 Å². The van der Waals surface area contributed by atoms with Crippen molar-refractivity contribution in [3.05, 3.63) is 0 Å². The van der Waals surface area contributed by atoms with Gasteiger partial charge in [0.2, 0.25) is 0 Å². The number of aliphatic hydroxyl groups excluding tert-OH is 1. The molecular weight excluding hydrogens is 210 g/mol. The van der Waals surface area contributed by atoms with Crippen LogP contribution < -0.4 is 5.32 Å². The maximum Gasteiger partial charge on any atom is 0.0499 e. The van der Waals surface area contributed by atoms with Crippen molar-refractivity contribution in [2.45, 2.75) is 58.9 Å². The molecule has 0 aromatic carbocycles. The SMILES string of the molecule is CC12CCC(C1)C(C)(C)C2NCC1(CO)CC1. The van der Waals surface area contributed by atoms with Gasteiger partial charge in [-0.25, -0.2) is 0 Å². The molecule has 3 aliphatic rings. The molecule has 3 atom stereocenters. The largest absolute Gasteiger partial charge is 0.396 e. The van der Waals surface area contributed by atoms with Crippen molar-refractivity contribution in [3.8, 4) is 0 Å². The van der Waals surface area contributed by atoms with Gasteiger partial charge in [0.1, 0.15) is 0 Å². The van der Waals surface area contributed by atoms with E-state index in [2.05, 4.69) is 26.1 Å². The summed E-state index contributed by atoms with van der Waals surface area (Å²) >= 11 is 0. The first-order valence-electron chi connectivity index (χ1n) is 7.26. The lowest BCUT2D eigenvalue weighted by Crippen LogP contribution is -2.52. The normalized spacial score (nSPS) is 45.2. The second-order valence-corrected chi connectivity index (χ2v) is 7.89. The van der Waals surface area contributed by atoms with Gasteiger partial charge < -0.3 is 10.4 Å². The third-order valence-corrected chi connectivity index (χ3v) is 6.24. The highest BCUT2D eigenvalue weighted by molar-refractivity contribution is 5.12. The Labute approximate surface area is 105 Å². The molecule has 3 rings (SSSR count). The summed E-state index contributed by atoms with van der Waals surface area (Å²) in [5.74, 6) is 0.911. The van der Waals surface area contributed by atoms with E-state index in [0.717, 1.165) is 12.5 Å². The Bertz CT molecular complexity index is 316. The number of fused-ring (bicyclic) bond motifs is 2. The molecule has 2 heteroatoms. The lowest BCUT2D eigenvalue weighted by molar-refractivity contribution is 0.0968. The molecule has 3 unspecified atom stereocenters. The minimum Gasteiger partial charge on any atom is -0.396 e. The summed E-state index contributed by atoms with van der Waals surface area (Å²) in [6.07, 6.45) is 6.65. The Hall–Kier alpha value is -0.0800. The van der Waals surface area contributed by atoms with Crippen LogP contribution in [-0.2, 0) is 0 Å². The van der Waals surface area contributed by atoms with Gasteiger partial charge >= 0.3 is 0 Å². The van der Waals surface area contributed by atoms with E-state index >= 15 is 0 Å². The fourth-order valence-electron chi connectivity index (χ4n) is 4.70. The summed E-state index contributed by atoms with van der Waals surface area (Å²) in [7, 11) is 0. The summed E-state index contributed by atoms with van der Waals surface area (Å²) < 4.78 is 0. The molecule has 0 spiro atoms. The lowest BCUT2D eigenvalue weighted by Gasteiger charge is -2.44. The molecule has 2 nitrogen and oxygen atoms in total. The van der Waals surface area contributed by atoms with Crippen molar-refractivity contribution in [1.29, 1.82) is 0 Å². The Kier molecular flexibility index (Phi) is 2.45. The van der Waals surface area contributed by atoms with Crippen molar-refractivity contribution < 1.29 is 5.11 Å². The molecular formula is C15H27NO. The monoisotopic (exact) mass is 237 g/mol. The molecule has 0 aromatic rings. The summed E-state index contributed by atoms with van der Waals surface area (Å²) in [6.45, 7) is 8.75. The Morgan fingerprint density at radius 1 is 1.18 bits per heavy atom. The molecule has 98 valence electrons. The molecule has 0 aliphatic heterocycles. The number of rotatable bonds is 4. The van der Waals surface area contributed by atoms with Gasteiger partial charge in [-0.1, -0.05) is 20.8 Å². The topological polar surface area (TPSA) is 32.3 Å². The van der Waals surface area contributed by atoms with E-state index in [1.807, 2.05) is 0 Å². The van der Waals surface area contributed by atoms with Gasteiger partial charge in [-0.05, 0) is 48.9 Å². The van der Waals surface area contributed by atoms with Crippen LogP contribution >= 0.6 is 0 Å². The van der Waals surface area contributed by atoms with E-state index < -0.39 is 0 Å². The smallest absolute Gasteiger partial charge is 0.0499 e. The quantitative estimate of drug-likeness (QED) is 0.787. The fraction of sp³-hybridized carbons (Fsp3) is 1.00. The van der Waals surface area contributed by atoms with Crippen LogP contribution in [0.3, 0.4) is 0 Å². The predicted molar refractivity (Wildman–Crippen MR) is 69.8 cm³/mol. The number of aliphatic hydroxyl groups is 1. The van der Waals surface area contributed by atoms with Crippen LogP contribution in [0.15, 0.2) is 0 Å². The Morgan fingerprint density at radius 3 is 2.35 bits per heavy atom. The Morgan fingerprint density at radius 2 is 1.88 bits per heavy atom. The van der Waals surface area contributed by atoms with Crippen molar-refractivity contribution in [1.82, 2.24) is 5.32 Å². The second kappa shape index (κ2) is 3.48. The molecule has 3 aliphatic carbocycles. The van der Waals surface area contributed by atoms with E-state index in [1.54, 1.807) is 0 Å². The van der Waals surface area contributed by atoms with E-state index in [0.29, 0.717) is 23.5 Å². The molecule has 0 heterocycles. The Balaban J connectivity index is 1.70. The van der Waals surface area contributed by atoms with E-state index in [-0.39, 0.29) is 5.41 Å². The summed E-state index contributed by atoms with van der Waals surface area (Å²) in [5.41, 5.74) is 1.20. The van der Waals surface area contributed by atoms with Crippen LogP contribution in [0.5, 0.6) is 0 Å². The van der Waals surface area contributed by atoms with Gasteiger partial charge in [-0.2, -0.15) is 0 Å². The molecule has 0 saturated heterocycles. The van der Waals surface area contributed by atoms with Crippen LogP contribution in [0, 0.1) is 22.2 Å². The summed E-state index contributed by atoms with van der Waals surface area (Å²) in [5, 5.41) is 13.3. The molecule has 0 radical (unpaired) electrons. The minimum atomic E-state index is 0.244. The molecule has 0 aromatic heterocycles. The standard InChI is InChI=1S/C15H27NO/c1-13(2)11-4-5-14(3,8-11)12(13)16-9-15(10-17)6-7-15/h11-12,16-17H,4-10H2,1-3H3. The van der Waals surface area contributed by atoms with E-state index in [4.69, 9.17) is 0 Å². The first kappa shape index (κ1) is 12.0. The number of hydrogen-bond acceptors (Lipinski definition) is 2. The maximum atomic E-state index is 9.42. The summed E-state index contributed by atoms with van der Waals surface area (Å²) in [6, 6.07) is 0.651. The molecule has 17 heavy (non-hydrogen) atoms. The van der Waals surface area contributed by atoms with Crippen molar-refractivity contribution in [2.75, 3.05) is 13.2 Å². The van der Waals surface area contributed by atoms with Crippen LogP contribution in [0.2, 0.25) is 0 Å². The molecule has 2 N–H and O–H groups in total. The fourth-order valence-corrected chi connectivity index (χ4v) is 4.70. The highest BCUT2D eigenvalue weighted by Crippen LogP contribution is 2.62. The lowest BCUT2D eigenvalue weighted by atomic mass is 9.68. The van der Waals surface area contributed by atoms with Crippen molar-refractivity contribution in [3.63, 3.8) is 0 Å². The molecule has 3 fully saturated rings. The molecule has 3 saturated carbocycles. The molecule has 0 amide bonds. The van der Waals surface area contributed by atoms with Gasteiger partial charge in [0.15, 0.2) is 0 Å². The van der Waals surface area contributed by atoms with Crippen LogP contribution in [-0.4, -0.2) is 24.3 Å². The van der Waals surface area contributed by atoms with Crippen molar-refractivity contribution in [2.24, 2.45) is 22.2 Å². The van der Waals surface area contributed by atoms with Gasteiger partial charge in [0.05, 0.1) is 0 Å². The van der Waals surface area contributed by atoms with E-state index in [9.17, 15) is 5.11 Å². The minimum absolute atomic E-state index is 0.244. The van der Waals surface area contributed by atoms with Gasteiger partial charge in [0.25, 0.3) is 0 Å². The van der Waals surface area contributed by atoms with Crippen LogP contribution in [0.25, 0.3) is 0 Å². The highest BCUT2D eigenvalue weighted by Gasteiger charge is 2.59. The second-order valence-electron chi connectivity index (χ2n) is 7.89. The van der Waals surface area contributed by atoms with Crippen molar-refractivity contribution >= 4 is 0 Å². The number of hydrogen-bond donors (Lipinski definition) is 2. The predicted octanol–water partition coefficient (Wildman–Crippen LogP) is 2.56. The van der Waals surface area contributed by atoms with Gasteiger partial charge in [-0.15, -0.1) is 0 Å². The van der Waals surface area contributed by atoms with Crippen LogP contribution in [0.4, 0.5) is 0 Å². The maximum absolute atomic E-state index is 9.42. The zero-order chi connectivity index (χ0) is 12.3. The summed E-state index contributed by atoms with van der Waals surface area (Å²) in [4.78, 5) is 0. The first-order chi connectivity index (χ1) is 7.92.